The Labute approximate surface area is 153 Å². The lowest BCUT2D eigenvalue weighted by atomic mass is 10.1. The van der Waals surface area contributed by atoms with Crippen LogP contribution in [0.3, 0.4) is 0 Å². The summed E-state index contributed by atoms with van der Waals surface area (Å²) in [5, 5.41) is 4.70. The Hall–Kier alpha value is -1.63. The van der Waals surface area contributed by atoms with Crippen LogP contribution in [0.25, 0.3) is 0 Å². The topological polar surface area (TPSA) is 54.9 Å². The first-order valence-corrected chi connectivity index (χ1v) is 8.49. The molecule has 2 aromatic rings. The fourth-order valence-electron chi connectivity index (χ4n) is 2.18. The molecule has 0 aliphatic carbocycles. The first-order chi connectivity index (χ1) is 11.4. The van der Waals surface area contributed by atoms with Gasteiger partial charge in [-0.2, -0.15) is 0 Å². The van der Waals surface area contributed by atoms with E-state index in [2.05, 4.69) is 21.2 Å². The zero-order valence-electron chi connectivity index (χ0n) is 13.3. The summed E-state index contributed by atoms with van der Waals surface area (Å²) in [6.07, 6.45) is 0. The van der Waals surface area contributed by atoms with E-state index in [-0.39, 0.29) is 29.2 Å². The van der Waals surface area contributed by atoms with Gasteiger partial charge in [-0.15, -0.1) is 0 Å². The number of nitrogens with two attached hydrogens (primary N) is 1. The molecule has 0 fully saturated rings. The molecule has 1 atom stereocenters. The number of hydrogen-bond donors (Lipinski definition) is 2. The molecule has 0 radical (unpaired) electrons. The molecule has 0 aliphatic rings. The van der Waals surface area contributed by atoms with E-state index in [0.717, 1.165) is 15.8 Å². The van der Waals surface area contributed by atoms with Crippen molar-refractivity contribution < 1.29 is 19.2 Å². The van der Waals surface area contributed by atoms with Gasteiger partial charge in [0.2, 0.25) is 0 Å². The van der Waals surface area contributed by atoms with Gasteiger partial charge in [-0.25, -0.2) is 4.39 Å². The number of amides is 1. The van der Waals surface area contributed by atoms with Crippen LogP contribution in [-0.4, -0.2) is 19.6 Å². The zero-order chi connectivity index (χ0) is 17.7. The summed E-state index contributed by atoms with van der Waals surface area (Å²) >= 11 is 9.13. The first kappa shape index (κ1) is 18.7. The number of rotatable bonds is 6. The van der Waals surface area contributed by atoms with Crippen LogP contribution < -0.4 is 15.4 Å². The quantitative estimate of drug-likeness (QED) is 0.757. The molecule has 0 saturated heterocycles. The highest BCUT2D eigenvalue weighted by molar-refractivity contribution is 9.10. The summed E-state index contributed by atoms with van der Waals surface area (Å²) in [6.45, 7) is 2.16. The minimum Gasteiger partial charge on any atom is -0.496 e. The third-order valence-electron chi connectivity index (χ3n) is 3.56. The lowest BCUT2D eigenvalue weighted by Gasteiger charge is -2.13. The Morgan fingerprint density at radius 3 is 2.75 bits per heavy atom. The molecular formula is C17H18BrClFN2O2+. The number of benzene rings is 2. The third-order valence-corrected chi connectivity index (χ3v) is 4.42. The Bertz CT molecular complexity index is 743. The van der Waals surface area contributed by atoms with Crippen molar-refractivity contribution in [1.29, 1.82) is 0 Å². The van der Waals surface area contributed by atoms with E-state index in [0.29, 0.717) is 0 Å². The van der Waals surface area contributed by atoms with E-state index in [1.807, 2.05) is 30.4 Å². The minimum absolute atomic E-state index is 0.0630. The fraction of sp³-hybridized carbons (Fsp3) is 0.235. The zero-order valence-corrected chi connectivity index (χ0v) is 15.6. The second kappa shape index (κ2) is 8.46. The molecule has 0 saturated carbocycles. The highest BCUT2D eigenvalue weighted by Gasteiger charge is 2.14. The molecule has 2 rings (SSSR count). The predicted octanol–water partition coefficient (Wildman–Crippen LogP) is 3.51. The molecule has 1 amide bonds. The Kier molecular flexibility index (Phi) is 6.60. The second-order valence-electron chi connectivity index (χ2n) is 5.29. The monoisotopic (exact) mass is 415 g/mol. The van der Waals surface area contributed by atoms with Crippen LogP contribution in [0.1, 0.15) is 18.5 Å². The van der Waals surface area contributed by atoms with Crippen LogP contribution in [0.15, 0.2) is 40.9 Å². The number of nitrogens with one attached hydrogen (secondary N) is 1. The van der Waals surface area contributed by atoms with Gasteiger partial charge >= 0.3 is 0 Å². The maximum Gasteiger partial charge on any atom is 0.279 e. The molecule has 0 heterocycles. The number of carbonyl (C=O) groups is 1. The van der Waals surface area contributed by atoms with Crippen molar-refractivity contribution in [3.05, 3.63) is 57.3 Å². The predicted molar refractivity (Wildman–Crippen MR) is 95.9 cm³/mol. The number of methoxy groups -OCH3 is 1. The van der Waals surface area contributed by atoms with Gasteiger partial charge in [0.1, 0.15) is 17.6 Å². The van der Waals surface area contributed by atoms with E-state index < -0.39 is 5.82 Å². The van der Waals surface area contributed by atoms with E-state index in [1.165, 1.54) is 18.2 Å². The lowest BCUT2D eigenvalue weighted by molar-refractivity contribution is -0.682. The lowest BCUT2D eigenvalue weighted by Crippen LogP contribution is -2.86. The van der Waals surface area contributed by atoms with Gasteiger partial charge in [0.05, 0.1) is 17.3 Å². The van der Waals surface area contributed by atoms with Gasteiger partial charge in [0.15, 0.2) is 6.54 Å². The standard InChI is InChI=1S/C17H17BrClFN2O2/c1-10(11-3-6-16(24-2)13(18)7-11)21-9-17(23)22-15-5-4-12(19)8-14(15)20/h3-8,10,21H,9H2,1-2H3,(H,22,23)/p+1/t10-/m1/s1. The molecule has 0 aliphatic heterocycles. The summed E-state index contributed by atoms with van der Waals surface area (Å²) in [5.74, 6) is -0.0828. The van der Waals surface area contributed by atoms with Crippen molar-refractivity contribution in [3.63, 3.8) is 0 Å². The summed E-state index contributed by atoms with van der Waals surface area (Å²) in [7, 11) is 1.61. The van der Waals surface area contributed by atoms with E-state index in [9.17, 15) is 9.18 Å². The SMILES string of the molecule is COc1ccc([C@@H](C)[NH2+]CC(=O)Nc2ccc(Cl)cc2F)cc1Br. The normalized spacial score (nSPS) is 11.9. The number of carbonyl (C=O) groups excluding carboxylic acids is 1. The average molecular weight is 417 g/mol. The van der Waals surface area contributed by atoms with Gasteiger partial charge < -0.3 is 15.4 Å². The highest BCUT2D eigenvalue weighted by atomic mass is 79.9. The Morgan fingerprint density at radius 2 is 2.12 bits per heavy atom. The molecule has 0 bridgehead atoms. The van der Waals surface area contributed by atoms with Gasteiger partial charge in [-0.05, 0) is 59.3 Å². The van der Waals surface area contributed by atoms with Crippen molar-refractivity contribution in [2.45, 2.75) is 13.0 Å². The number of ether oxygens (including phenoxy) is 1. The number of quaternary nitrogens is 1. The van der Waals surface area contributed by atoms with Crippen LogP contribution in [0.4, 0.5) is 10.1 Å². The molecule has 0 aromatic heterocycles. The minimum atomic E-state index is -0.553. The van der Waals surface area contributed by atoms with E-state index >= 15 is 0 Å². The van der Waals surface area contributed by atoms with Crippen LogP contribution in [0.2, 0.25) is 5.02 Å². The largest absolute Gasteiger partial charge is 0.496 e. The van der Waals surface area contributed by atoms with Gasteiger partial charge in [0, 0.05) is 10.6 Å². The maximum absolute atomic E-state index is 13.7. The average Bonchev–Trinajstić information content (AvgIpc) is 2.55. The molecule has 0 spiro atoms. The summed E-state index contributed by atoms with van der Waals surface area (Å²) < 4.78 is 19.7. The van der Waals surface area contributed by atoms with Crippen molar-refractivity contribution in [2.75, 3.05) is 19.0 Å². The van der Waals surface area contributed by atoms with Gasteiger partial charge in [-0.1, -0.05) is 11.6 Å². The van der Waals surface area contributed by atoms with Crippen LogP contribution in [0, 0.1) is 5.82 Å². The van der Waals surface area contributed by atoms with Crippen LogP contribution in [0.5, 0.6) is 5.75 Å². The Balaban J connectivity index is 1.92. The first-order valence-electron chi connectivity index (χ1n) is 7.32. The number of hydrogen-bond acceptors (Lipinski definition) is 2. The molecule has 0 unspecified atom stereocenters. The van der Waals surface area contributed by atoms with Crippen molar-refractivity contribution >= 4 is 39.1 Å². The number of anilines is 1. The van der Waals surface area contributed by atoms with Crippen LogP contribution >= 0.6 is 27.5 Å². The number of halogens is 3. The smallest absolute Gasteiger partial charge is 0.279 e. The third kappa shape index (κ3) is 4.93. The summed E-state index contributed by atoms with van der Waals surface area (Å²) in [6, 6.07) is 9.97. The van der Waals surface area contributed by atoms with E-state index in [1.54, 1.807) is 7.11 Å². The molecule has 24 heavy (non-hydrogen) atoms. The van der Waals surface area contributed by atoms with Crippen molar-refractivity contribution in [3.8, 4) is 5.75 Å². The van der Waals surface area contributed by atoms with Crippen molar-refractivity contribution in [1.82, 2.24) is 0 Å². The van der Waals surface area contributed by atoms with Crippen LogP contribution in [-0.2, 0) is 4.79 Å². The van der Waals surface area contributed by atoms with E-state index in [4.69, 9.17) is 16.3 Å². The highest BCUT2D eigenvalue weighted by Crippen LogP contribution is 2.27. The molecule has 7 heteroatoms. The summed E-state index contributed by atoms with van der Waals surface area (Å²) in [4.78, 5) is 12.0. The molecule has 128 valence electrons. The summed E-state index contributed by atoms with van der Waals surface area (Å²) in [5.41, 5.74) is 1.17. The van der Waals surface area contributed by atoms with Crippen molar-refractivity contribution in [2.24, 2.45) is 0 Å². The maximum atomic E-state index is 13.7. The molecule has 4 nitrogen and oxygen atoms in total. The molecular weight excluding hydrogens is 399 g/mol. The Morgan fingerprint density at radius 1 is 1.38 bits per heavy atom. The van der Waals surface area contributed by atoms with Gasteiger partial charge in [-0.3, -0.25) is 4.79 Å². The van der Waals surface area contributed by atoms with Gasteiger partial charge in [0.25, 0.3) is 5.91 Å². The fourth-order valence-corrected chi connectivity index (χ4v) is 2.90. The molecule has 3 N–H and O–H groups in total. The second-order valence-corrected chi connectivity index (χ2v) is 6.59. The molecule has 2 aromatic carbocycles.